The first-order valence-corrected chi connectivity index (χ1v) is 7.16. The molecule has 1 aliphatic rings. The molecule has 1 fully saturated rings. The third-order valence-corrected chi connectivity index (χ3v) is 3.96. The van der Waals surface area contributed by atoms with Crippen molar-refractivity contribution in [3.63, 3.8) is 0 Å². The van der Waals surface area contributed by atoms with Crippen molar-refractivity contribution in [1.29, 1.82) is 0 Å². The monoisotopic (exact) mass is 264 g/mol. The van der Waals surface area contributed by atoms with Crippen molar-refractivity contribution >= 4 is 0 Å². The summed E-state index contributed by atoms with van der Waals surface area (Å²) in [6.45, 7) is 0. The van der Waals surface area contributed by atoms with E-state index in [9.17, 15) is 0 Å². The summed E-state index contributed by atoms with van der Waals surface area (Å²) in [5.41, 5.74) is 3.69. The molecule has 0 radical (unpaired) electrons. The number of rotatable bonds is 5. The van der Waals surface area contributed by atoms with Crippen molar-refractivity contribution in [3.05, 3.63) is 18.1 Å². The Kier molecular flexibility index (Phi) is 5.54. The average molecular weight is 264 g/mol. The van der Waals surface area contributed by atoms with Gasteiger partial charge in [0.25, 0.3) is 0 Å². The number of nitrogens with one attached hydrogen (secondary N) is 1. The van der Waals surface area contributed by atoms with Crippen molar-refractivity contribution in [2.45, 2.75) is 51.0 Å². The quantitative estimate of drug-likeness (QED) is 0.485. The minimum Gasteiger partial charge on any atom is -0.480 e. The second kappa shape index (κ2) is 7.40. The number of nitrogens with two attached hydrogens (primary N) is 1. The van der Waals surface area contributed by atoms with E-state index in [1.807, 2.05) is 0 Å². The van der Waals surface area contributed by atoms with Gasteiger partial charge >= 0.3 is 0 Å². The van der Waals surface area contributed by atoms with Gasteiger partial charge in [-0.15, -0.1) is 0 Å². The lowest BCUT2D eigenvalue weighted by atomic mass is 9.91. The molecule has 0 aliphatic heterocycles. The highest BCUT2D eigenvalue weighted by atomic mass is 16.5. The number of ether oxygens (including phenoxy) is 1. The van der Waals surface area contributed by atoms with E-state index in [1.165, 1.54) is 38.5 Å². The van der Waals surface area contributed by atoms with Crippen LogP contribution in [0.4, 0.5) is 0 Å². The van der Waals surface area contributed by atoms with Crippen LogP contribution in [0.15, 0.2) is 12.4 Å². The number of aromatic nitrogens is 2. The first kappa shape index (κ1) is 14.2. The van der Waals surface area contributed by atoms with E-state index >= 15 is 0 Å². The SMILES string of the molecule is COc1nccnc1C(CC1CCCCCC1)NN. The van der Waals surface area contributed by atoms with Gasteiger partial charge in [0.05, 0.1) is 13.2 Å². The third kappa shape index (κ3) is 3.88. The molecule has 0 saturated heterocycles. The van der Waals surface area contributed by atoms with Gasteiger partial charge in [0, 0.05) is 12.4 Å². The van der Waals surface area contributed by atoms with Gasteiger partial charge in [0.15, 0.2) is 0 Å². The Balaban J connectivity index is 2.06. The standard InChI is InChI=1S/C14H24N4O/c1-19-14-13(16-8-9-17-14)12(18-15)10-11-6-4-2-3-5-7-11/h8-9,11-12,18H,2-7,10,15H2,1H3. The molecule has 1 heterocycles. The molecule has 1 aromatic rings. The summed E-state index contributed by atoms with van der Waals surface area (Å²) < 4.78 is 5.27. The molecule has 1 aromatic heterocycles. The molecule has 0 bridgehead atoms. The van der Waals surface area contributed by atoms with E-state index in [-0.39, 0.29) is 6.04 Å². The van der Waals surface area contributed by atoms with Gasteiger partial charge in [-0.2, -0.15) is 0 Å². The van der Waals surface area contributed by atoms with Gasteiger partial charge in [0.2, 0.25) is 5.88 Å². The zero-order valence-corrected chi connectivity index (χ0v) is 11.6. The van der Waals surface area contributed by atoms with Crippen LogP contribution in [-0.4, -0.2) is 17.1 Å². The van der Waals surface area contributed by atoms with E-state index in [0.29, 0.717) is 5.88 Å². The molecule has 1 saturated carbocycles. The van der Waals surface area contributed by atoms with Crippen molar-refractivity contribution in [2.24, 2.45) is 11.8 Å². The van der Waals surface area contributed by atoms with Gasteiger partial charge in [-0.25, -0.2) is 4.98 Å². The summed E-state index contributed by atoms with van der Waals surface area (Å²) >= 11 is 0. The molecule has 5 nitrogen and oxygen atoms in total. The topological polar surface area (TPSA) is 73.1 Å². The van der Waals surface area contributed by atoms with Crippen LogP contribution in [-0.2, 0) is 0 Å². The molecule has 5 heteroatoms. The van der Waals surface area contributed by atoms with Gasteiger partial charge in [-0.1, -0.05) is 38.5 Å². The minimum absolute atomic E-state index is 0.0201. The number of hydrazine groups is 1. The number of methoxy groups -OCH3 is 1. The number of hydrogen-bond donors (Lipinski definition) is 2. The fourth-order valence-corrected chi connectivity index (χ4v) is 2.92. The van der Waals surface area contributed by atoms with Gasteiger partial charge in [0.1, 0.15) is 5.69 Å². The van der Waals surface area contributed by atoms with Crippen molar-refractivity contribution < 1.29 is 4.74 Å². The van der Waals surface area contributed by atoms with Crippen LogP contribution in [0.5, 0.6) is 5.88 Å². The van der Waals surface area contributed by atoms with Gasteiger partial charge in [-0.3, -0.25) is 16.3 Å². The Hall–Kier alpha value is -1.20. The van der Waals surface area contributed by atoms with E-state index < -0.39 is 0 Å². The van der Waals surface area contributed by atoms with Crippen LogP contribution in [0.2, 0.25) is 0 Å². The van der Waals surface area contributed by atoms with Crippen LogP contribution >= 0.6 is 0 Å². The molecule has 106 valence electrons. The molecule has 3 N–H and O–H groups in total. The molecule has 19 heavy (non-hydrogen) atoms. The predicted molar refractivity (Wildman–Crippen MR) is 74.5 cm³/mol. The van der Waals surface area contributed by atoms with Crippen LogP contribution in [0.3, 0.4) is 0 Å². The highest BCUT2D eigenvalue weighted by Gasteiger charge is 2.22. The van der Waals surface area contributed by atoms with Crippen molar-refractivity contribution in [2.75, 3.05) is 7.11 Å². The second-order valence-electron chi connectivity index (χ2n) is 5.26. The highest BCUT2D eigenvalue weighted by Crippen LogP contribution is 2.32. The van der Waals surface area contributed by atoms with Crippen LogP contribution in [0.1, 0.15) is 56.7 Å². The molecule has 0 spiro atoms. The Labute approximate surface area is 114 Å². The Morgan fingerprint density at radius 3 is 2.58 bits per heavy atom. The number of hydrogen-bond acceptors (Lipinski definition) is 5. The summed E-state index contributed by atoms with van der Waals surface area (Å²) in [5.74, 6) is 7.00. The highest BCUT2D eigenvalue weighted by molar-refractivity contribution is 5.21. The van der Waals surface area contributed by atoms with Gasteiger partial charge in [-0.05, 0) is 12.3 Å². The Morgan fingerprint density at radius 1 is 1.26 bits per heavy atom. The maximum atomic E-state index is 5.71. The summed E-state index contributed by atoms with van der Waals surface area (Å²) in [6, 6.07) is 0.0201. The molecule has 1 unspecified atom stereocenters. The van der Waals surface area contributed by atoms with E-state index in [4.69, 9.17) is 10.6 Å². The summed E-state index contributed by atoms with van der Waals surface area (Å²) in [4.78, 5) is 8.58. The predicted octanol–water partition coefficient (Wildman–Crippen LogP) is 2.35. The van der Waals surface area contributed by atoms with Crippen LogP contribution in [0.25, 0.3) is 0 Å². The lowest BCUT2D eigenvalue weighted by Gasteiger charge is -2.22. The Morgan fingerprint density at radius 2 is 1.95 bits per heavy atom. The normalized spacial score (nSPS) is 18.8. The molecular formula is C14H24N4O. The second-order valence-corrected chi connectivity index (χ2v) is 5.26. The number of nitrogens with zero attached hydrogens (tertiary/aromatic N) is 2. The molecule has 1 aliphatic carbocycles. The van der Waals surface area contributed by atoms with Crippen molar-refractivity contribution in [1.82, 2.24) is 15.4 Å². The smallest absolute Gasteiger partial charge is 0.237 e. The van der Waals surface area contributed by atoms with E-state index in [2.05, 4.69) is 15.4 Å². The summed E-state index contributed by atoms with van der Waals surface area (Å²) in [5, 5.41) is 0. The maximum absolute atomic E-state index is 5.71. The molecule has 2 rings (SSSR count). The largest absolute Gasteiger partial charge is 0.480 e. The fraction of sp³-hybridized carbons (Fsp3) is 0.714. The fourth-order valence-electron chi connectivity index (χ4n) is 2.92. The molecular weight excluding hydrogens is 240 g/mol. The summed E-state index contributed by atoms with van der Waals surface area (Å²) in [6.07, 6.45) is 12.3. The summed E-state index contributed by atoms with van der Waals surface area (Å²) in [7, 11) is 1.62. The minimum atomic E-state index is 0.0201. The van der Waals surface area contributed by atoms with Crippen molar-refractivity contribution in [3.8, 4) is 5.88 Å². The lowest BCUT2D eigenvalue weighted by Crippen LogP contribution is -2.31. The van der Waals surface area contributed by atoms with Crippen LogP contribution in [0, 0.1) is 5.92 Å². The molecule has 0 amide bonds. The Bertz CT molecular complexity index is 377. The first-order chi connectivity index (χ1) is 9.35. The average Bonchev–Trinajstić information content (AvgIpc) is 2.73. The maximum Gasteiger partial charge on any atom is 0.237 e. The lowest BCUT2D eigenvalue weighted by molar-refractivity contribution is 0.333. The zero-order valence-electron chi connectivity index (χ0n) is 11.6. The first-order valence-electron chi connectivity index (χ1n) is 7.16. The van der Waals surface area contributed by atoms with E-state index in [1.54, 1.807) is 19.5 Å². The third-order valence-electron chi connectivity index (χ3n) is 3.96. The van der Waals surface area contributed by atoms with E-state index in [0.717, 1.165) is 18.0 Å². The molecule has 0 aromatic carbocycles. The zero-order chi connectivity index (χ0) is 13.5. The van der Waals surface area contributed by atoms with Crippen LogP contribution < -0.4 is 16.0 Å². The molecule has 1 atom stereocenters. The van der Waals surface area contributed by atoms with Gasteiger partial charge < -0.3 is 4.74 Å².